The molecule has 4 nitrogen and oxygen atoms in total. The van der Waals surface area contributed by atoms with Crippen LogP contribution in [-0.2, 0) is 9.59 Å². The number of likely N-dealkylation sites (N-methyl/N-ethyl adjacent to an activating group) is 2. The third-order valence-electron chi connectivity index (χ3n) is 1.54. The summed E-state index contributed by atoms with van der Waals surface area (Å²) in [5.74, 6) is 0.0574. The van der Waals surface area contributed by atoms with Gasteiger partial charge in [0.15, 0.2) is 0 Å². The summed E-state index contributed by atoms with van der Waals surface area (Å²) in [6, 6.07) is 0. The molecule has 0 saturated heterocycles. The van der Waals surface area contributed by atoms with E-state index in [9.17, 15) is 9.59 Å². The van der Waals surface area contributed by atoms with Gasteiger partial charge in [-0.15, -0.1) is 0 Å². The first-order chi connectivity index (χ1) is 6.07. The molecule has 0 atom stereocenters. The lowest BCUT2D eigenvalue weighted by atomic mass is 10.4. The van der Waals surface area contributed by atoms with Gasteiger partial charge in [0.05, 0.1) is 6.54 Å². The fourth-order valence-corrected chi connectivity index (χ4v) is 0.733. The molecule has 0 aromatic rings. The minimum atomic E-state index is 0.0574. The molecule has 0 fully saturated rings. The second kappa shape index (κ2) is 6.37. The van der Waals surface area contributed by atoms with E-state index in [1.54, 1.807) is 25.1 Å². The lowest BCUT2D eigenvalue weighted by Crippen LogP contribution is -2.34. The SMILES string of the molecule is CN(C/C=C/C=O)CC(=O)N(C)C. The van der Waals surface area contributed by atoms with Gasteiger partial charge in [0.2, 0.25) is 5.91 Å². The van der Waals surface area contributed by atoms with Crippen molar-refractivity contribution in [2.45, 2.75) is 0 Å². The van der Waals surface area contributed by atoms with E-state index in [0.717, 1.165) is 6.29 Å². The summed E-state index contributed by atoms with van der Waals surface area (Å²) in [4.78, 5) is 24.5. The van der Waals surface area contributed by atoms with Crippen LogP contribution in [0.3, 0.4) is 0 Å². The van der Waals surface area contributed by atoms with Crippen LogP contribution >= 0.6 is 0 Å². The van der Waals surface area contributed by atoms with Gasteiger partial charge in [-0.2, -0.15) is 0 Å². The van der Waals surface area contributed by atoms with E-state index in [4.69, 9.17) is 0 Å². The van der Waals surface area contributed by atoms with E-state index < -0.39 is 0 Å². The molecule has 0 N–H and O–H groups in total. The minimum absolute atomic E-state index is 0.0574. The Labute approximate surface area is 78.8 Å². The van der Waals surface area contributed by atoms with E-state index >= 15 is 0 Å². The smallest absolute Gasteiger partial charge is 0.236 e. The van der Waals surface area contributed by atoms with Crippen molar-refractivity contribution >= 4 is 12.2 Å². The second-order valence-corrected chi connectivity index (χ2v) is 3.05. The maximum Gasteiger partial charge on any atom is 0.236 e. The Bertz CT molecular complexity index is 200. The number of carbonyl (C=O) groups is 2. The molecule has 0 radical (unpaired) electrons. The Morgan fingerprint density at radius 3 is 2.38 bits per heavy atom. The van der Waals surface area contributed by atoms with Crippen LogP contribution in [0.5, 0.6) is 0 Å². The standard InChI is InChI=1S/C9H16N2O2/c1-10(2)9(13)8-11(3)6-4-5-7-12/h4-5,7H,6,8H2,1-3H3/b5-4+. The number of aldehydes is 1. The normalized spacial score (nSPS) is 10.8. The monoisotopic (exact) mass is 184 g/mol. The maximum absolute atomic E-state index is 11.2. The van der Waals surface area contributed by atoms with Gasteiger partial charge in [-0.1, -0.05) is 6.08 Å². The molecule has 0 aliphatic carbocycles. The molecule has 0 heterocycles. The van der Waals surface area contributed by atoms with Gasteiger partial charge in [0.1, 0.15) is 6.29 Å². The quantitative estimate of drug-likeness (QED) is 0.437. The molecule has 0 rings (SSSR count). The van der Waals surface area contributed by atoms with Crippen LogP contribution in [0.25, 0.3) is 0 Å². The molecule has 0 bridgehead atoms. The predicted octanol–water partition coefficient (Wildman–Crippen LogP) is -0.238. The molecule has 0 saturated carbocycles. The average molecular weight is 184 g/mol. The number of carbonyl (C=O) groups excluding carboxylic acids is 2. The topological polar surface area (TPSA) is 40.6 Å². The maximum atomic E-state index is 11.2. The number of hydrogen-bond acceptors (Lipinski definition) is 3. The molecule has 13 heavy (non-hydrogen) atoms. The van der Waals surface area contributed by atoms with Crippen molar-refractivity contribution in [2.24, 2.45) is 0 Å². The molecule has 74 valence electrons. The summed E-state index contributed by atoms with van der Waals surface area (Å²) in [6.07, 6.45) is 3.87. The molecule has 0 spiro atoms. The number of allylic oxidation sites excluding steroid dienone is 1. The van der Waals surface area contributed by atoms with Crippen molar-refractivity contribution in [1.82, 2.24) is 9.80 Å². The zero-order valence-corrected chi connectivity index (χ0v) is 8.36. The first-order valence-corrected chi connectivity index (χ1v) is 4.07. The molecule has 1 amide bonds. The molecule has 0 aliphatic heterocycles. The van der Waals surface area contributed by atoms with Crippen molar-refractivity contribution in [3.63, 3.8) is 0 Å². The average Bonchev–Trinajstić information content (AvgIpc) is 2.04. The predicted molar refractivity (Wildman–Crippen MR) is 51.4 cm³/mol. The summed E-state index contributed by atoms with van der Waals surface area (Å²) < 4.78 is 0. The Balaban J connectivity index is 3.73. The van der Waals surface area contributed by atoms with Crippen LogP contribution in [0.4, 0.5) is 0 Å². The molecular formula is C9H16N2O2. The van der Waals surface area contributed by atoms with Gasteiger partial charge in [-0.25, -0.2) is 0 Å². The number of amides is 1. The second-order valence-electron chi connectivity index (χ2n) is 3.05. The van der Waals surface area contributed by atoms with E-state index in [-0.39, 0.29) is 5.91 Å². The zero-order valence-electron chi connectivity index (χ0n) is 8.36. The molecule has 0 aromatic carbocycles. The summed E-state index contributed by atoms with van der Waals surface area (Å²) in [5.41, 5.74) is 0. The van der Waals surface area contributed by atoms with Crippen molar-refractivity contribution in [3.8, 4) is 0 Å². The highest BCUT2D eigenvalue weighted by Gasteiger charge is 2.05. The highest BCUT2D eigenvalue weighted by molar-refractivity contribution is 5.77. The summed E-state index contributed by atoms with van der Waals surface area (Å²) >= 11 is 0. The largest absolute Gasteiger partial charge is 0.348 e. The lowest BCUT2D eigenvalue weighted by molar-refractivity contribution is -0.129. The van der Waals surface area contributed by atoms with Crippen molar-refractivity contribution in [1.29, 1.82) is 0 Å². The van der Waals surface area contributed by atoms with Gasteiger partial charge in [-0.3, -0.25) is 14.5 Å². The fraction of sp³-hybridized carbons (Fsp3) is 0.556. The third-order valence-corrected chi connectivity index (χ3v) is 1.54. The Morgan fingerprint density at radius 1 is 1.31 bits per heavy atom. The van der Waals surface area contributed by atoms with Crippen LogP contribution in [0.2, 0.25) is 0 Å². The van der Waals surface area contributed by atoms with Gasteiger partial charge < -0.3 is 4.90 Å². The highest BCUT2D eigenvalue weighted by atomic mass is 16.2. The molecule has 4 heteroatoms. The first kappa shape index (κ1) is 11.8. The number of nitrogens with zero attached hydrogens (tertiary/aromatic N) is 2. The Kier molecular flexibility index (Phi) is 5.80. The van der Waals surface area contributed by atoms with Crippen LogP contribution in [0.15, 0.2) is 12.2 Å². The molecule has 0 unspecified atom stereocenters. The number of rotatable bonds is 5. The zero-order chi connectivity index (χ0) is 10.3. The van der Waals surface area contributed by atoms with Gasteiger partial charge in [-0.05, 0) is 13.1 Å². The van der Waals surface area contributed by atoms with E-state index in [2.05, 4.69) is 0 Å². The summed E-state index contributed by atoms with van der Waals surface area (Å²) in [6.45, 7) is 0.981. The molecule has 0 aliphatic rings. The highest BCUT2D eigenvalue weighted by Crippen LogP contribution is 1.86. The van der Waals surface area contributed by atoms with Crippen LogP contribution in [0, 0.1) is 0 Å². The minimum Gasteiger partial charge on any atom is -0.348 e. The van der Waals surface area contributed by atoms with E-state index in [1.807, 2.05) is 11.9 Å². The Morgan fingerprint density at radius 2 is 1.92 bits per heavy atom. The van der Waals surface area contributed by atoms with E-state index in [1.165, 1.54) is 6.08 Å². The first-order valence-electron chi connectivity index (χ1n) is 4.07. The van der Waals surface area contributed by atoms with Crippen LogP contribution < -0.4 is 0 Å². The van der Waals surface area contributed by atoms with Crippen LogP contribution in [-0.4, -0.2) is 56.2 Å². The van der Waals surface area contributed by atoms with Gasteiger partial charge >= 0.3 is 0 Å². The fourth-order valence-electron chi connectivity index (χ4n) is 0.733. The molecule has 0 aromatic heterocycles. The summed E-state index contributed by atoms with van der Waals surface area (Å²) in [7, 11) is 5.27. The summed E-state index contributed by atoms with van der Waals surface area (Å²) in [5, 5.41) is 0. The van der Waals surface area contributed by atoms with Gasteiger partial charge in [0.25, 0.3) is 0 Å². The van der Waals surface area contributed by atoms with Crippen molar-refractivity contribution in [2.75, 3.05) is 34.2 Å². The van der Waals surface area contributed by atoms with Crippen molar-refractivity contribution < 1.29 is 9.59 Å². The van der Waals surface area contributed by atoms with E-state index in [0.29, 0.717) is 13.1 Å². The van der Waals surface area contributed by atoms with Crippen molar-refractivity contribution in [3.05, 3.63) is 12.2 Å². The lowest BCUT2D eigenvalue weighted by Gasteiger charge is -2.16. The number of hydrogen-bond donors (Lipinski definition) is 0. The Hall–Kier alpha value is -1.16. The third kappa shape index (κ3) is 6.04. The van der Waals surface area contributed by atoms with Gasteiger partial charge in [0, 0.05) is 20.6 Å². The van der Waals surface area contributed by atoms with Crippen LogP contribution in [0.1, 0.15) is 0 Å². The molecular weight excluding hydrogens is 168 g/mol.